The third kappa shape index (κ3) is 3.78. The standard InChI is InChI=1S/C16H21NO3/c1-3-19-15-8-4-6-13(16(15)18)11-17-12(2)10-14-7-5-9-20-14/h4-9,12,17-18H,3,10-11H2,1-2H3. The minimum absolute atomic E-state index is 0.215. The highest BCUT2D eigenvalue weighted by Gasteiger charge is 2.10. The first kappa shape index (κ1) is 14.5. The Labute approximate surface area is 119 Å². The molecule has 0 radical (unpaired) electrons. The van der Waals surface area contributed by atoms with Crippen LogP contribution in [0.4, 0.5) is 0 Å². The van der Waals surface area contributed by atoms with Crippen LogP contribution >= 0.6 is 0 Å². The molecule has 2 rings (SSSR count). The van der Waals surface area contributed by atoms with Gasteiger partial charge < -0.3 is 19.6 Å². The zero-order valence-corrected chi connectivity index (χ0v) is 11.9. The van der Waals surface area contributed by atoms with Crippen molar-refractivity contribution in [1.82, 2.24) is 5.32 Å². The number of hydrogen-bond donors (Lipinski definition) is 2. The summed E-state index contributed by atoms with van der Waals surface area (Å²) in [5, 5.41) is 13.5. The summed E-state index contributed by atoms with van der Waals surface area (Å²) >= 11 is 0. The summed E-state index contributed by atoms with van der Waals surface area (Å²) in [4.78, 5) is 0. The largest absolute Gasteiger partial charge is 0.504 e. The molecule has 0 fully saturated rings. The second-order valence-electron chi connectivity index (χ2n) is 4.76. The fourth-order valence-electron chi connectivity index (χ4n) is 2.07. The molecule has 0 aliphatic rings. The predicted molar refractivity (Wildman–Crippen MR) is 78.0 cm³/mol. The number of nitrogens with one attached hydrogen (secondary N) is 1. The Morgan fingerprint density at radius 3 is 2.85 bits per heavy atom. The average Bonchev–Trinajstić information content (AvgIpc) is 2.93. The molecule has 0 spiro atoms. The van der Waals surface area contributed by atoms with E-state index in [0.717, 1.165) is 17.7 Å². The molecule has 0 bridgehead atoms. The van der Waals surface area contributed by atoms with Crippen LogP contribution in [0.15, 0.2) is 41.0 Å². The smallest absolute Gasteiger partial charge is 0.162 e. The van der Waals surface area contributed by atoms with E-state index in [1.165, 1.54) is 0 Å². The highest BCUT2D eigenvalue weighted by atomic mass is 16.5. The molecule has 2 N–H and O–H groups in total. The van der Waals surface area contributed by atoms with Crippen LogP contribution in [0.2, 0.25) is 0 Å². The van der Waals surface area contributed by atoms with E-state index in [1.807, 2.05) is 31.2 Å². The molecule has 1 unspecified atom stereocenters. The molecule has 0 saturated carbocycles. The van der Waals surface area contributed by atoms with Crippen LogP contribution in [0.25, 0.3) is 0 Å². The van der Waals surface area contributed by atoms with E-state index >= 15 is 0 Å². The van der Waals surface area contributed by atoms with Crippen molar-refractivity contribution >= 4 is 0 Å². The summed E-state index contributed by atoms with van der Waals surface area (Å²) in [7, 11) is 0. The van der Waals surface area contributed by atoms with Gasteiger partial charge in [0.05, 0.1) is 12.9 Å². The Bertz CT molecular complexity index is 523. The van der Waals surface area contributed by atoms with Crippen molar-refractivity contribution in [1.29, 1.82) is 0 Å². The third-order valence-electron chi connectivity index (χ3n) is 3.11. The third-order valence-corrected chi connectivity index (χ3v) is 3.11. The SMILES string of the molecule is CCOc1cccc(CNC(C)Cc2ccco2)c1O. The average molecular weight is 275 g/mol. The molecule has 0 amide bonds. The van der Waals surface area contributed by atoms with E-state index in [2.05, 4.69) is 12.2 Å². The Balaban J connectivity index is 1.91. The molecule has 20 heavy (non-hydrogen) atoms. The minimum atomic E-state index is 0.215. The molecule has 4 heteroatoms. The number of furan rings is 1. The van der Waals surface area contributed by atoms with Crippen LogP contribution in [-0.2, 0) is 13.0 Å². The lowest BCUT2D eigenvalue weighted by atomic mass is 10.1. The molecule has 0 aliphatic carbocycles. The fourth-order valence-corrected chi connectivity index (χ4v) is 2.07. The molecule has 2 aromatic rings. The quantitative estimate of drug-likeness (QED) is 0.815. The molecule has 0 aliphatic heterocycles. The van der Waals surface area contributed by atoms with Gasteiger partial charge in [0.25, 0.3) is 0 Å². The fraction of sp³-hybridized carbons (Fsp3) is 0.375. The molecule has 0 saturated heterocycles. The van der Waals surface area contributed by atoms with Gasteiger partial charge in [0.2, 0.25) is 0 Å². The molecule has 1 aromatic carbocycles. The molecular formula is C16H21NO3. The van der Waals surface area contributed by atoms with Crippen molar-refractivity contribution in [2.75, 3.05) is 6.61 Å². The number of ether oxygens (including phenoxy) is 1. The predicted octanol–water partition coefficient (Wildman–Crippen LogP) is 3.10. The first-order chi connectivity index (χ1) is 9.70. The molecule has 1 aromatic heterocycles. The molecule has 1 atom stereocenters. The van der Waals surface area contributed by atoms with E-state index in [4.69, 9.17) is 9.15 Å². The van der Waals surface area contributed by atoms with Crippen molar-refractivity contribution in [3.63, 3.8) is 0 Å². The topological polar surface area (TPSA) is 54.6 Å². The normalized spacial score (nSPS) is 12.3. The number of benzene rings is 1. The monoisotopic (exact) mass is 275 g/mol. The van der Waals surface area contributed by atoms with E-state index in [9.17, 15) is 5.11 Å². The first-order valence-electron chi connectivity index (χ1n) is 6.90. The van der Waals surface area contributed by atoms with Crippen LogP contribution in [0.1, 0.15) is 25.2 Å². The summed E-state index contributed by atoms with van der Waals surface area (Å²) in [6, 6.07) is 9.67. The Kier molecular flexibility index (Phi) is 5.07. The summed E-state index contributed by atoms with van der Waals surface area (Å²) < 4.78 is 10.7. The lowest BCUT2D eigenvalue weighted by Crippen LogP contribution is -2.27. The van der Waals surface area contributed by atoms with Crippen molar-refractivity contribution in [2.45, 2.75) is 32.9 Å². The maximum absolute atomic E-state index is 10.1. The van der Waals surface area contributed by atoms with Crippen molar-refractivity contribution in [3.05, 3.63) is 47.9 Å². The highest BCUT2D eigenvalue weighted by molar-refractivity contribution is 5.45. The van der Waals surface area contributed by atoms with Crippen molar-refractivity contribution in [2.24, 2.45) is 0 Å². The maximum atomic E-state index is 10.1. The van der Waals surface area contributed by atoms with E-state index in [1.54, 1.807) is 12.3 Å². The molecular weight excluding hydrogens is 254 g/mol. The molecule has 4 nitrogen and oxygen atoms in total. The van der Waals surface area contributed by atoms with Gasteiger partial charge in [0.1, 0.15) is 5.76 Å². The van der Waals surface area contributed by atoms with Gasteiger partial charge in [-0.2, -0.15) is 0 Å². The van der Waals surface area contributed by atoms with Gasteiger partial charge in [0, 0.05) is 24.6 Å². The van der Waals surface area contributed by atoms with Crippen LogP contribution in [0, 0.1) is 0 Å². The summed E-state index contributed by atoms with van der Waals surface area (Å²) in [5.41, 5.74) is 0.835. The first-order valence-corrected chi connectivity index (χ1v) is 6.90. The van der Waals surface area contributed by atoms with Crippen LogP contribution in [0.3, 0.4) is 0 Å². The second kappa shape index (κ2) is 7.01. The zero-order chi connectivity index (χ0) is 14.4. The van der Waals surface area contributed by atoms with Gasteiger partial charge >= 0.3 is 0 Å². The van der Waals surface area contributed by atoms with E-state index in [0.29, 0.717) is 18.9 Å². The number of hydrogen-bond acceptors (Lipinski definition) is 4. The van der Waals surface area contributed by atoms with Crippen LogP contribution in [-0.4, -0.2) is 17.8 Å². The maximum Gasteiger partial charge on any atom is 0.162 e. The van der Waals surface area contributed by atoms with Gasteiger partial charge in [-0.15, -0.1) is 0 Å². The lowest BCUT2D eigenvalue weighted by Gasteiger charge is -2.14. The lowest BCUT2D eigenvalue weighted by molar-refractivity contribution is 0.316. The minimum Gasteiger partial charge on any atom is -0.504 e. The number of phenols is 1. The highest BCUT2D eigenvalue weighted by Crippen LogP contribution is 2.29. The van der Waals surface area contributed by atoms with Crippen LogP contribution < -0.4 is 10.1 Å². The summed E-state index contributed by atoms with van der Waals surface area (Å²) in [6.45, 7) is 5.12. The Morgan fingerprint density at radius 2 is 2.15 bits per heavy atom. The number of phenolic OH excluding ortho intramolecular Hbond substituents is 1. The van der Waals surface area contributed by atoms with Crippen LogP contribution in [0.5, 0.6) is 11.5 Å². The summed E-state index contributed by atoms with van der Waals surface area (Å²) in [6.07, 6.45) is 2.50. The van der Waals surface area contributed by atoms with E-state index in [-0.39, 0.29) is 11.8 Å². The van der Waals surface area contributed by atoms with Gasteiger partial charge in [-0.1, -0.05) is 12.1 Å². The number of rotatable bonds is 7. The zero-order valence-electron chi connectivity index (χ0n) is 11.9. The number of aromatic hydroxyl groups is 1. The van der Waals surface area contributed by atoms with Crippen molar-refractivity contribution < 1.29 is 14.3 Å². The van der Waals surface area contributed by atoms with Gasteiger partial charge in [-0.25, -0.2) is 0 Å². The Morgan fingerprint density at radius 1 is 1.30 bits per heavy atom. The van der Waals surface area contributed by atoms with Gasteiger partial charge in [-0.3, -0.25) is 0 Å². The molecule has 1 heterocycles. The number of para-hydroxylation sites is 1. The van der Waals surface area contributed by atoms with Crippen molar-refractivity contribution in [3.8, 4) is 11.5 Å². The van der Waals surface area contributed by atoms with Gasteiger partial charge in [-0.05, 0) is 32.0 Å². The Hall–Kier alpha value is -1.94. The summed E-state index contributed by atoms with van der Waals surface area (Å²) in [5.74, 6) is 1.70. The second-order valence-corrected chi connectivity index (χ2v) is 4.76. The molecule has 108 valence electrons. The van der Waals surface area contributed by atoms with E-state index < -0.39 is 0 Å². The van der Waals surface area contributed by atoms with Gasteiger partial charge in [0.15, 0.2) is 11.5 Å².